The predicted octanol–water partition coefficient (Wildman–Crippen LogP) is 2.62. The van der Waals surface area contributed by atoms with E-state index in [0.717, 1.165) is 36.0 Å². The minimum absolute atomic E-state index is 0.102. The highest BCUT2D eigenvalue weighted by Crippen LogP contribution is 2.23. The van der Waals surface area contributed by atoms with E-state index in [-0.39, 0.29) is 10.6 Å². The van der Waals surface area contributed by atoms with Crippen LogP contribution in [0.15, 0.2) is 30.7 Å². The standard InChI is InChI=1S/C15H17N5O2/c1-11-14-8-12(20(21)22)5-6-15(14)19(17-11)7-3-4-13-9-16-10-18(13)2/h5-6,8-10H,3-4,7H2,1-2H3. The van der Waals surface area contributed by atoms with Gasteiger partial charge in [0.2, 0.25) is 0 Å². The third-order valence-corrected chi connectivity index (χ3v) is 3.85. The second-order valence-electron chi connectivity index (χ2n) is 5.37. The van der Waals surface area contributed by atoms with Gasteiger partial charge < -0.3 is 4.57 Å². The lowest BCUT2D eigenvalue weighted by Gasteiger charge is -2.04. The van der Waals surface area contributed by atoms with Crippen LogP contribution in [0.2, 0.25) is 0 Å². The molecule has 22 heavy (non-hydrogen) atoms. The molecule has 0 aliphatic rings. The number of nitro benzene ring substituents is 1. The fourth-order valence-electron chi connectivity index (χ4n) is 2.65. The van der Waals surface area contributed by atoms with Gasteiger partial charge in [0, 0.05) is 43.0 Å². The van der Waals surface area contributed by atoms with Crippen molar-refractivity contribution in [3.05, 3.63) is 52.2 Å². The Kier molecular flexibility index (Phi) is 3.62. The Morgan fingerprint density at radius 1 is 1.36 bits per heavy atom. The average molecular weight is 299 g/mol. The second-order valence-corrected chi connectivity index (χ2v) is 5.37. The molecule has 0 saturated carbocycles. The Morgan fingerprint density at radius 2 is 2.18 bits per heavy atom. The lowest BCUT2D eigenvalue weighted by Crippen LogP contribution is -2.03. The summed E-state index contributed by atoms with van der Waals surface area (Å²) < 4.78 is 3.93. The van der Waals surface area contributed by atoms with Gasteiger partial charge in [-0.25, -0.2) is 4.98 Å². The van der Waals surface area contributed by atoms with Crippen molar-refractivity contribution in [3.63, 3.8) is 0 Å². The SMILES string of the molecule is Cc1nn(CCCc2cncn2C)c2ccc([N+](=O)[O-])cc12. The third-order valence-electron chi connectivity index (χ3n) is 3.85. The minimum Gasteiger partial charge on any atom is -0.338 e. The summed E-state index contributed by atoms with van der Waals surface area (Å²) in [5.41, 5.74) is 3.04. The molecule has 3 rings (SSSR count). The highest BCUT2D eigenvalue weighted by molar-refractivity contribution is 5.84. The van der Waals surface area contributed by atoms with E-state index >= 15 is 0 Å². The Labute approximate surface area is 127 Å². The molecular formula is C15H17N5O2. The first-order chi connectivity index (χ1) is 10.6. The summed E-state index contributed by atoms with van der Waals surface area (Å²) in [7, 11) is 1.98. The first kappa shape index (κ1) is 14.2. The van der Waals surface area contributed by atoms with Crippen molar-refractivity contribution < 1.29 is 4.92 Å². The summed E-state index contributed by atoms with van der Waals surface area (Å²) >= 11 is 0. The molecule has 1 aromatic carbocycles. The van der Waals surface area contributed by atoms with Crippen LogP contribution < -0.4 is 0 Å². The normalized spacial score (nSPS) is 11.2. The van der Waals surface area contributed by atoms with E-state index < -0.39 is 0 Å². The van der Waals surface area contributed by atoms with Crippen LogP contribution in [0.4, 0.5) is 5.69 Å². The van der Waals surface area contributed by atoms with Gasteiger partial charge in [-0.2, -0.15) is 5.10 Å². The summed E-state index contributed by atoms with van der Waals surface area (Å²) in [4.78, 5) is 14.6. The van der Waals surface area contributed by atoms with Gasteiger partial charge in [0.25, 0.3) is 5.69 Å². The zero-order valence-corrected chi connectivity index (χ0v) is 12.6. The number of aromatic nitrogens is 4. The van der Waals surface area contributed by atoms with Crippen molar-refractivity contribution in [1.82, 2.24) is 19.3 Å². The zero-order valence-electron chi connectivity index (χ0n) is 12.6. The van der Waals surface area contributed by atoms with Crippen LogP contribution in [0.25, 0.3) is 10.9 Å². The quantitative estimate of drug-likeness (QED) is 0.536. The van der Waals surface area contributed by atoms with E-state index in [0.29, 0.717) is 0 Å². The number of rotatable bonds is 5. The van der Waals surface area contributed by atoms with Gasteiger partial charge in [-0.3, -0.25) is 14.8 Å². The maximum atomic E-state index is 10.9. The van der Waals surface area contributed by atoms with Crippen molar-refractivity contribution in [2.45, 2.75) is 26.3 Å². The highest BCUT2D eigenvalue weighted by atomic mass is 16.6. The molecule has 0 fully saturated rings. The number of non-ortho nitro benzene ring substituents is 1. The number of benzene rings is 1. The number of hydrogen-bond acceptors (Lipinski definition) is 4. The Balaban J connectivity index is 1.79. The van der Waals surface area contributed by atoms with Crippen LogP contribution in [0.5, 0.6) is 0 Å². The van der Waals surface area contributed by atoms with Crippen LogP contribution in [0.3, 0.4) is 0 Å². The molecule has 114 valence electrons. The first-order valence-corrected chi connectivity index (χ1v) is 7.13. The smallest absolute Gasteiger partial charge is 0.270 e. The molecule has 0 atom stereocenters. The second kappa shape index (κ2) is 5.59. The fourth-order valence-corrected chi connectivity index (χ4v) is 2.65. The summed E-state index contributed by atoms with van der Waals surface area (Å²) in [5.74, 6) is 0. The van der Waals surface area contributed by atoms with Crippen molar-refractivity contribution in [2.24, 2.45) is 7.05 Å². The van der Waals surface area contributed by atoms with Crippen molar-refractivity contribution >= 4 is 16.6 Å². The molecule has 2 aromatic heterocycles. The molecule has 0 aliphatic heterocycles. The summed E-state index contributed by atoms with van der Waals surface area (Å²) in [6.07, 6.45) is 5.52. The van der Waals surface area contributed by atoms with Crippen LogP contribution in [0.1, 0.15) is 17.8 Å². The van der Waals surface area contributed by atoms with E-state index in [1.165, 1.54) is 11.8 Å². The number of nitrogens with zero attached hydrogens (tertiary/aromatic N) is 5. The molecule has 0 unspecified atom stereocenters. The Morgan fingerprint density at radius 3 is 2.86 bits per heavy atom. The van der Waals surface area contributed by atoms with Gasteiger partial charge in [0.05, 0.1) is 22.5 Å². The average Bonchev–Trinajstić information content (AvgIpc) is 3.03. The van der Waals surface area contributed by atoms with E-state index in [1.807, 2.05) is 29.4 Å². The van der Waals surface area contributed by atoms with E-state index in [1.54, 1.807) is 18.5 Å². The maximum absolute atomic E-state index is 10.9. The van der Waals surface area contributed by atoms with Gasteiger partial charge in [-0.05, 0) is 25.8 Å². The van der Waals surface area contributed by atoms with Gasteiger partial charge in [0.1, 0.15) is 0 Å². The molecule has 0 bridgehead atoms. The van der Waals surface area contributed by atoms with Crippen molar-refractivity contribution in [2.75, 3.05) is 0 Å². The number of aryl methyl sites for hydroxylation is 4. The molecule has 7 nitrogen and oxygen atoms in total. The third kappa shape index (κ3) is 2.57. The molecule has 0 N–H and O–H groups in total. The minimum atomic E-state index is -0.376. The molecule has 0 spiro atoms. The predicted molar refractivity (Wildman–Crippen MR) is 82.7 cm³/mol. The van der Waals surface area contributed by atoms with E-state index in [2.05, 4.69) is 10.1 Å². The van der Waals surface area contributed by atoms with E-state index in [9.17, 15) is 10.1 Å². The molecule has 7 heteroatoms. The van der Waals surface area contributed by atoms with Gasteiger partial charge in [-0.15, -0.1) is 0 Å². The lowest BCUT2D eigenvalue weighted by atomic mass is 10.2. The molecule has 0 aliphatic carbocycles. The van der Waals surface area contributed by atoms with Crippen LogP contribution >= 0.6 is 0 Å². The number of nitro groups is 1. The first-order valence-electron chi connectivity index (χ1n) is 7.13. The maximum Gasteiger partial charge on any atom is 0.270 e. The summed E-state index contributed by atoms with van der Waals surface area (Å²) in [6, 6.07) is 4.90. The van der Waals surface area contributed by atoms with Gasteiger partial charge >= 0.3 is 0 Å². The molecular weight excluding hydrogens is 282 g/mol. The van der Waals surface area contributed by atoms with Gasteiger partial charge in [0.15, 0.2) is 0 Å². The molecule has 0 amide bonds. The lowest BCUT2D eigenvalue weighted by molar-refractivity contribution is -0.384. The summed E-state index contributed by atoms with van der Waals surface area (Å²) in [6.45, 7) is 2.65. The van der Waals surface area contributed by atoms with Gasteiger partial charge in [-0.1, -0.05) is 0 Å². The number of imidazole rings is 1. The topological polar surface area (TPSA) is 78.8 Å². The van der Waals surface area contributed by atoms with Crippen LogP contribution in [-0.2, 0) is 20.0 Å². The van der Waals surface area contributed by atoms with Crippen molar-refractivity contribution in [3.8, 4) is 0 Å². The van der Waals surface area contributed by atoms with E-state index in [4.69, 9.17) is 0 Å². The zero-order chi connectivity index (χ0) is 15.7. The molecule has 0 radical (unpaired) electrons. The highest BCUT2D eigenvalue weighted by Gasteiger charge is 2.12. The largest absolute Gasteiger partial charge is 0.338 e. The molecule has 3 aromatic rings. The number of hydrogen-bond donors (Lipinski definition) is 0. The molecule has 0 saturated heterocycles. The van der Waals surface area contributed by atoms with Crippen molar-refractivity contribution in [1.29, 1.82) is 0 Å². The summed E-state index contributed by atoms with van der Waals surface area (Å²) in [5, 5.41) is 16.2. The Bertz CT molecular complexity index is 834. The fraction of sp³-hybridized carbons (Fsp3) is 0.333. The Hall–Kier alpha value is -2.70. The molecule has 2 heterocycles. The van der Waals surface area contributed by atoms with Crippen LogP contribution in [-0.4, -0.2) is 24.3 Å². The van der Waals surface area contributed by atoms with Crippen LogP contribution in [0, 0.1) is 17.0 Å². The monoisotopic (exact) mass is 299 g/mol. The number of fused-ring (bicyclic) bond motifs is 1.